The normalized spacial score (nSPS) is 12.0. The molecule has 170 valence electrons. The Morgan fingerprint density at radius 1 is 1.09 bits per heavy atom. The van der Waals surface area contributed by atoms with Gasteiger partial charge in [-0.15, -0.1) is 0 Å². The van der Waals surface area contributed by atoms with E-state index in [1.807, 2.05) is 67.3 Å². The van der Waals surface area contributed by atoms with E-state index in [1.54, 1.807) is 4.57 Å². The fourth-order valence-corrected chi connectivity index (χ4v) is 4.14. The number of fused-ring (bicyclic) bond motifs is 1. The van der Waals surface area contributed by atoms with Gasteiger partial charge >= 0.3 is 6.03 Å². The van der Waals surface area contributed by atoms with Gasteiger partial charge in [0.05, 0.1) is 16.9 Å². The summed E-state index contributed by atoms with van der Waals surface area (Å²) in [5.74, 6) is 0.653. The van der Waals surface area contributed by atoms with Crippen LogP contribution in [0.4, 0.5) is 10.5 Å². The van der Waals surface area contributed by atoms with Gasteiger partial charge < -0.3 is 10.2 Å². The van der Waals surface area contributed by atoms with Crippen LogP contribution >= 0.6 is 15.9 Å². The number of halogens is 1. The molecule has 1 heterocycles. The highest BCUT2D eigenvalue weighted by molar-refractivity contribution is 9.10. The second kappa shape index (κ2) is 11.3. The third-order valence-corrected chi connectivity index (χ3v) is 6.04. The van der Waals surface area contributed by atoms with E-state index in [0.717, 1.165) is 29.4 Å². The van der Waals surface area contributed by atoms with Crippen LogP contribution in [0.15, 0.2) is 57.8 Å². The average Bonchev–Trinajstić information content (AvgIpc) is 2.80. The largest absolute Gasteiger partial charge is 0.322 e. The number of nitrogens with one attached hydrogen (secondary N) is 1. The molecule has 0 bridgehead atoms. The van der Waals surface area contributed by atoms with Crippen molar-refractivity contribution in [3.05, 3.63) is 69.2 Å². The summed E-state index contributed by atoms with van der Waals surface area (Å²) in [5.41, 5.74) is 1.35. The minimum Gasteiger partial charge on any atom is -0.314 e. The van der Waals surface area contributed by atoms with Crippen molar-refractivity contribution >= 4 is 38.6 Å². The van der Waals surface area contributed by atoms with Gasteiger partial charge in [0.15, 0.2) is 0 Å². The molecule has 0 radical (unpaired) electrons. The molecule has 0 aliphatic rings. The number of carbonyl (C=O) groups is 1. The summed E-state index contributed by atoms with van der Waals surface area (Å²) in [4.78, 5) is 33.4. The average molecular weight is 499 g/mol. The van der Waals surface area contributed by atoms with Gasteiger partial charge in [-0.25, -0.2) is 9.78 Å². The van der Waals surface area contributed by atoms with Crippen molar-refractivity contribution in [3.63, 3.8) is 0 Å². The lowest BCUT2D eigenvalue weighted by molar-refractivity contribution is 0.178. The fourth-order valence-electron chi connectivity index (χ4n) is 3.88. The zero-order chi connectivity index (χ0) is 23.1. The third-order valence-electron chi connectivity index (χ3n) is 5.51. The third kappa shape index (κ3) is 5.38. The van der Waals surface area contributed by atoms with Crippen LogP contribution < -0.4 is 10.9 Å². The summed E-state index contributed by atoms with van der Waals surface area (Å²) in [6.07, 6.45) is 3.30. The standard InChI is InChI=1S/C25H31BrN4O2/c1-4-7-17-29(25(32)27-19-14-12-18(26)13-15-19)22(6-3)23-28-21-11-9-8-10-20(21)24(31)30(23)16-5-2/h8-15,22H,4-7,16-17H2,1-3H3,(H,27,32). The van der Waals surface area contributed by atoms with E-state index in [9.17, 15) is 9.59 Å². The van der Waals surface area contributed by atoms with Crippen LogP contribution in [0.25, 0.3) is 10.9 Å². The number of amides is 2. The minimum atomic E-state index is -0.305. The lowest BCUT2D eigenvalue weighted by atomic mass is 10.1. The molecule has 0 spiro atoms. The van der Waals surface area contributed by atoms with Crippen molar-refractivity contribution < 1.29 is 4.79 Å². The molecule has 1 aromatic heterocycles. The predicted molar refractivity (Wildman–Crippen MR) is 134 cm³/mol. The van der Waals surface area contributed by atoms with Crippen LogP contribution in [0.5, 0.6) is 0 Å². The highest BCUT2D eigenvalue weighted by atomic mass is 79.9. The molecule has 0 aliphatic heterocycles. The van der Waals surface area contributed by atoms with Crippen molar-refractivity contribution in [1.82, 2.24) is 14.5 Å². The van der Waals surface area contributed by atoms with Gasteiger partial charge in [-0.3, -0.25) is 9.36 Å². The topological polar surface area (TPSA) is 67.2 Å². The number of carbonyl (C=O) groups excluding carboxylic acids is 1. The molecule has 0 saturated heterocycles. The lowest BCUT2D eigenvalue weighted by Gasteiger charge is -2.32. The highest BCUT2D eigenvalue weighted by Gasteiger charge is 2.28. The minimum absolute atomic E-state index is 0.0466. The quantitative estimate of drug-likeness (QED) is 0.373. The molecule has 6 nitrogen and oxygen atoms in total. The Hall–Kier alpha value is -2.67. The molecule has 3 rings (SSSR count). The van der Waals surface area contributed by atoms with E-state index < -0.39 is 0 Å². The lowest BCUT2D eigenvalue weighted by Crippen LogP contribution is -2.41. The Morgan fingerprint density at radius 2 is 1.81 bits per heavy atom. The van der Waals surface area contributed by atoms with Gasteiger partial charge in [0.25, 0.3) is 5.56 Å². The molecule has 0 saturated carbocycles. The number of aromatic nitrogens is 2. The number of anilines is 1. The van der Waals surface area contributed by atoms with Crippen LogP contribution in [-0.4, -0.2) is 27.0 Å². The molecule has 2 amide bonds. The first-order valence-electron chi connectivity index (χ1n) is 11.3. The maximum Gasteiger partial charge on any atom is 0.322 e. The second-order valence-electron chi connectivity index (χ2n) is 7.85. The van der Waals surface area contributed by atoms with Crippen LogP contribution in [0.1, 0.15) is 58.3 Å². The number of para-hydroxylation sites is 1. The van der Waals surface area contributed by atoms with Crippen molar-refractivity contribution in [2.24, 2.45) is 0 Å². The molecule has 1 atom stereocenters. The van der Waals surface area contributed by atoms with Crippen LogP contribution in [-0.2, 0) is 6.54 Å². The molecule has 2 aromatic carbocycles. The number of rotatable bonds is 9. The maximum absolute atomic E-state index is 13.4. The summed E-state index contributed by atoms with van der Waals surface area (Å²) in [6.45, 7) is 7.34. The Kier molecular flexibility index (Phi) is 8.45. The van der Waals surface area contributed by atoms with Gasteiger partial charge in [-0.1, -0.05) is 55.3 Å². The highest BCUT2D eigenvalue weighted by Crippen LogP contribution is 2.26. The zero-order valence-corrected chi connectivity index (χ0v) is 20.6. The summed E-state index contributed by atoms with van der Waals surface area (Å²) < 4.78 is 2.70. The van der Waals surface area contributed by atoms with Crippen molar-refractivity contribution in [2.75, 3.05) is 11.9 Å². The fraction of sp³-hybridized carbons (Fsp3) is 0.400. The van der Waals surface area contributed by atoms with Gasteiger partial charge in [-0.2, -0.15) is 0 Å². The Bertz CT molecular complexity index is 1110. The van der Waals surface area contributed by atoms with Crippen molar-refractivity contribution in [2.45, 2.75) is 59.0 Å². The molecule has 32 heavy (non-hydrogen) atoms. The van der Waals surface area contributed by atoms with E-state index in [4.69, 9.17) is 4.98 Å². The van der Waals surface area contributed by atoms with Crippen molar-refractivity contribution in [3.8, 4) is 0 Å². The second-order valence-corrected chi connectivity index (χ2v) is 8.77. The maximum atomic E-state index is 13.4. The summed E-state index contributed by atoms with van der Waals surface area (Å²) >= 11 is 3.43. The Balaban J connectivity index is 2.05. The number of benzene rings is 2. The SMILES string of the molecule is CCCCN(C(=O)Nc1ccc(Br)cc1)C(CC)c1nc2ccccc2c(=O)n1CCC. The Morgan fingerprint density at radius 3 is 2.47 bits per heavy atom. The van der Waals surface area contributed by atoms with Crippen LogP contribution in [0.3, 0.4) is 0 Å². The van der Waals surface area contributed by atoms with E-state index in [0.29, 0.717) is 36.2 Å². The molecule has 3 aromatic rings. The van der Waals surface area contributed by atoms with Crippen LogP contribution in [0.2, 0.25) is 0 Å². The summed E-state index contributed by atoms with van der Waals surface area (Å²) in [5, 5.41) is 3.63. The van der Waals surface area contributed by atoms with E-state index in [2.05, 4.69) is 28.2 Å². The Labute approximate surface area is 197 Å². The van der Waals surface area contributed by atoms with Gasteiger partial charge in [0.2, 0.25) is 0 Å². The van der Waals surface area contributed by atoms with Gasteiger partial charge in [0, 0.05) is 23.2 Å². The first kappa shape index (κ1) is 24.0. The molecule has 1 unspecified atom stereocenters. The first-order valence-corrected chi connectivity index (χ1v) is 12.1. The summed E-state index contributed by atoms with van der Waals surface area (Å²) in [6, 6.07) is 14.5. The molecule has 7 heteroatoms. The predicted octanol–water partition coefficient (Wildman–Crippen LogP) is 6.35. The molecular weight excluding hydrogens is 468 g/mol. The smallest absolute Gasteiger partial charge is 0.314 e. The van der Waals surface area contributed by atoms with E-state index in [1.165, 1.54) is 0 Å². The van der Waals surface area contributed by atoms with Crippen molar-refractivity contribution in [1.29, 1.82) is 0 Å². The number of hydrogen-bond acceptors (Lipinski definition) is 3. The molecule has 1 N–H and O–H groups in total. The number of unbranched alkanes of at least 4 members (excludes halogenated alkanes) is 1. The monoisotopic (exact) mass is 498 g/mol. The van der Waals surface area contributed by atoms with E-state index in [-0.39, 0.29) is 17.6 Å². The molecular formula is C25H31BrN4O2. The zero-order valence-electron chi connectivity index (χ0n) is 19.0. The first-order chi connectivity index (χ1) is 15.5. The molecule has 0 fully saturated rings. The number of nitrogens with zero attached hydrogens (tertiary/aromatic N) is 3. The van der Waals surface area contributed by atoms with E-state index >= 15 is 0 Å². The van der Waals surface area contributed by atoms with Crippen LogP contribution in [0, 0.1) is 0 Å². The number of hydrogen-bond donors (Lipinski definition) is 1. The summed E-state index contributed by atoms with van der Waals surface area (Å²) in [7, 11) is 0. The number of urea groups is 1. The molecule has 0 aliphatic carbocycles. The van der Waals surface area contributed by atoms with Gasteiger partial charge in [-0.05, 0) is 55.7 Å². The van der Waals surface area contributed by atoms with Gasteiger partial charge in [0.1, 0.15) is 5.82 Å².